The Morgan fingerprint density at radius 2 is 1.81 bits per heavy atom. The summed E-state index contributed by atoms with van der Waals surface area (Å²) >= 11 is 0. The van der Waals surface area contributed by atoms with Gasteiger partial charge in [0, 0.05) is 19.6 Å². The highest BCUT2D eigenvalue weighted by Crippen LogP contribution is 2.30. The predicted molar refractivity (Wildman–Crippen MR) is 113 cm³/mol. The number of morpholine rings is 1. The van der Waals surface area contributed by atoms with Crippen molar-refractivity contribution in [2.24, 2.45) is 5.41 Å². The number of rotatable bonds is 5. The predicted octanol–water partition coefficient (Wildman–Crippen LogP) is 2.60. The summed E-state index contributed by atoms with van der Waals surface area (Å²) in [7, 11) is 0. The van der Waals surface area contributed by atoms with Crippen molar-refractivity contribution in [2.45, 2.75) is 59.0 Å². The molecule has 2 amide bonds. The molecule has 2 heterocycles. The van der Waals surface area contributed by atoms with Crippen molar-refractivity contribution in [3.05, 3.63) is 35.9 Å². The van der Waals surface area contributed by atoms with Crippen LogP contribution in [0.2, 0.25) is 0 Å². The largest absolute Gasteiger partial charge is 0.460 e. The minimum atomic E-state index is -0.894. The number of hydrogen-bond acceptors (Lipinski definition) is 6. The van der Waals surface area contributed by atoms with E-state index in [2.05, 4.69) is 0 Å². The number of hydrogen-bond donors (Lipinski definition) is 0. The van der Waals surface area contributed by atoms with Gasteiger partial charge in [-0.3, -0.25) is 14.5 Å². The summed E-state index contributed by atoms with van der Waals surface area (Å²) in [5.74, 6) is -0.610. The van der Waals surface area contributed by atoms with E-state index in [0.29, 0.717) is 13.2 Å². The minimum absolute atomic E-state index is 0.137. The van der Waals surface area contributed by atoms with Crippen molar-refractivity contribution < 1.29 is 28.6 Å². The van der Waals surface area contributed by atoms with Gasteiger partial charge in [0.25, 0.3) is 0 Å². The van der Waals surface area contributed by atoms with E-state index in [0.717, 1.165) is 5.56 Å². The van der Waals surface area contributed by atoms with Crippen molar-refractivity contribution in [3.8, 4) is 0 Å². The zero-order valence-electron chi connectivity index (χ0n) is 18.9. The molecule has 0 radical (unpaired) electrons. The summed E-state index contributed by atoms with van der Waals surface area (Å²) in [5, 5.41) is 0. The molecule has 2 fully saturated rings. The minimum Gasteiger partial charge on any atom is -0.460 e. The van der Waals surface area contributed by atoms with Crippen LogP contribution in [0.5, 0.6) is 0 Å². The smallest absolute Gasteiger partial charge is 0.410 e. The van der Waals surface area contributed by atoms with E-state index in [-0.39, 0.29) is 31.6 Å². The molecule has 8 heteroatoms. The van der Waals surface area contributed by atoms with Gasteiger partial charge in [0.2, 0.25) is 5.91 Å². The van der Waals surface area contributed by atoms with Gasteiger partial charge in [0.05, 0.1) is 12.0 Å². The Morgan fingerprint density at radius 3 is 2.45 bits per heavy atom. The molecule has 0 saturated carbocycles. The number of ether oxygens (including phenoxy) is 3. The SMILES string of the molecule is CC(C)(C)OC(=O)C(C)(C)CN1CC2OCCN(C(=O)OCc3ccccc3)C2C1=O. The van der Waals surface area contributed by atoms with Gasteiger partial charge in [-0.2, -0.15) is 0 Å². The van der Waals surface area contributed by atoms with E-state index in [9.17, 15) is 14.4 Å². The number of carbonyl (C=O) groups excluding carboxylic acids is 3. The highest BCUT2D eigenvalue weighted by Gasteiger charge is 2.50. The van der Waals surface area contributed by atoms with Gasteiger partial charge < -0.3 is 19.1 Å². The van der Waals surface area contributed by atoms with Crippen LogP contribution in [-0.2, 0) is 30.4 Å². The topological polar surface area (TPSA) is 85.4 Å². The molecule has 31 heavy (non-hydrogen) atoms. The Morgan fingerprint density at radius 1 is 1.13 bits per heavy atom. The first-order valence-electron chi connectivity index (χ1n) is 10.6. The summed E-state index contributed by atoms with van der Waals surface area (Å²) in [6, 6.07) is 8.64. The summed E-state index contributed by atoms with van der Waals surface area (Å²) in [6.45, 7) is 10.2. The number of benzene rings is 1. The fraction of sp³-hybridized carbons (Fsp3) is 0.609. The molecular formula is C23H32N2O6. The van der Waals surface area contributed by atoms with E-state index < -0.39 is 29.3 Å². The Kier molecular flexibility index (Phi) is 6.59. The van der Waals surface area contributed by atoms with Crippen molar-refractivity contribution >= 4 is 18.0 Å². The molecule has 0 N–H and O–H groups in total. The summed E-state index contributed by atoms with van der Waals surface area (Å²) in [4.78, 5) is 41.5. The monoisotopic (exact) mass is 432 g/mol. The average molecular weight is 433 g/mol. The van der Waals surface area contributed by atoms with Gasteiger partial charge in [0.1, 0.15) is 24.4 Å². The molecule has 1 aromatic rings. The second-order valence-corrected chi connectivity index (χ2v) is 9.69. The fourth-order valence-electron chi connectivity index (χ4n) is 3.78. The van der Waals surface area contributed by atoms with Gasteiger partial charge in [-0.15, -0.1) is 0 Å². The van der Waals surface area contributed by atoms with Crippen LogP contribution in [0.1, 0.15) is 40.2 Å². The number of esters is 1. The van der Waals surface area contributed by atoms with Crippen molar-refractivity contribution in [3.63, 3.8) is 0 Å². The van der Waals surface area contributed by atoms with Crippen molar-refractivity contribution in [1.82, 2.24) is 9.80 Å². The van der Waals surface area contributed by atoms with E-state index in [4.69, 9.17) is 14.2 Å². The number of carbonyl (C=O) groups is 3. The lowest BCUT2D eigenvalue weighted by atomic mass is 9.92. The van der Waals surface area contributed by atoms with Crippen molar-refractivity contribution in [2.75, 3.05) is 26.2 Å². The number of nitrogens with zero attached hydrogens (tertiary/aromatic N) is 2. The molecule has 170 valence electrons. The third-order valence-electron chi connectivity index (χ3n) is 5.29. The Balaban J connectivity index is 1.65. The molecule has 0 aliphatic carbocycles. The summed E-state index contributed by atoms with van der Waals surface area (Å²) < 4.78 is 16.7. The van der Waals surface area contributed by atoms with E-state index in [1.165, 1.54) is 4.90 Å². The molecule has 2 saturated heterocycles. The van der Waals surface area contributed by atoms with Crippen LogP contribution < -0.4 is 0 Å². The second kappa shape index (κ2) is 8.86. The maximum absolute atomic E-state index is 13.2. The fourth-order valence-corrected chi connectivity index (χ4v) is 3.78. The maximum Gasteiger partial charge on any atom is 0.410 e. The molecule has 1 aromatic carbocycles. The zero-order valence-corrected chi connectivity index (χ0v) is 18.9. The lowest BCUT2D eigenvalue weighted by Crippen LogP contribution is -2.55. The first kappa shape index (κ1) is 23.1. The number of amides is 2. The van der Waals surface area contributed by atoms with Crippen LogP contribution in [-0.4, -0.2) is 71.8 Å². The van der Waals surface area contributed by atoms with Gasteiger partial charge in [-0.25, -0.2) is 4.79 Å². The molecular weight excluding hydrogens is 400 g/mol. The Hall–Kier alpha value is -2.61. The van der Waals surface area contributed by atoms with Crippen LogP contribution in [0, 0.1) is 5.41 Å². The van der Waals surface area contributed by atoms with Crippen LogP contribution in [0.25, 0.3) is 0 Å². The first-order valence-corrected chi connectivity index (χ1v) is 10.6. The highest BCUT2D eigenvalue weighted by atomic mass is 16.6. The normalized spacial score (nSPS) is 21.6. The average Bonchev–Trinajstić information content (AvgIpc) is 3.00. The van der Waals surface area contributed by atoms with Crippen molar-refractivity contribution in [1.29, 1.82) is 0 Å². The van der Waals surface area contributed by atoms with Gasteiger partial charge in [0.15, 0.2) is 0 Å². The lowest BCUT2D eigenvalue weighted by molar-refractivity contribution is -0.167. The standard InChI is InChI=1S/C23H32N2O6/c1-22(2,3)31-20(27)23(4,5)15-24-13-17-18(19(24)26)25(11-12-29-17)21(28)30-14-16-9-7-6-8-10-16/h6-10,17-18H,11-15H2,1-5H3. The molecule has 8 nitrogen and oxygen atoms in total. The molecule has 2 aliphatic heterocycles. The molecule has 2 unspecified atom stereocenters. The Labute approximate surface area is 183 Å². The number of fused-ring (bicyclic) bond motifs is 1. The molecule has 2 atom stereocenters. The lowest BCUT2D eigenvalue weighted by Gasteiger charge is -2.34. The van der Waals surface area contributed by atoms with Gasteiger partial charge >= 0.3 is 12.1 Å². The Bertz CT molecular complexity index is 817. The molecule has 0 bridgehead atoms. The molecule has 0 aromatic heterocycles. The van der Waals surface area contributed by atoms with Gasteiger partial charge in [-0.05, 0) is 40.2 Å². The van der Waals surface area contributed by atoms with E-state index in [1.54, 1.807) is 18.7 Å². The van der Waals surface area contributed by atoms with Crippen LogP contribution in [0.15, 0.2) is 30.3 Å². The van der Waals surface area contributed by atoms with E-state index in [1.807, 2.05) is 51.1 Å². The number of likely N-dealkylation sites (tertiary alicyclic amines) is 1. The summed E-state index contributed by atoms with van der Waals surface area (Å²) in [6.07, 6.45) is -0.983. The van der Waals surface area contributed by atoms with Gasteiger partial charge in [-0.1, -0.05) is 30.3 Å². The van der Waals surface area contributed by atoms with E-state index >= 15 is 0 Å². The van der Waals surface area contributed by atoms with Crippen LogP contribution >= 0.6 is 0 Å². The zero-order chi connectivity index (χ0) is 22.8. The highest BCUT2D eigenvalue weighted by molar-refractivity contribution is 5.89. The molecule has 3 rings (SSSR count). The molecule has 2 aliphatic rings. The maximum atomic E-state index is 13.2. The third kappa shape index (κ3) is 5.55. The summed E-state index contributed by atoms with van der Waals surface area (Å²) in [5.41, 5.74) is -0.631. The molecule has 0 spiro atoms. The third-order valence-corrected chi connectivity index (χ3v) is 5.29. The van der Waals surface area contributed by atoms with Crippen LogP contribution in [0.4, 0.5) is 4.79 Å². The first-order chi connectivity index (χ1) is 14.5. The van der Waals surface area contributed by atoms with Crippen LogP contribution in [0.3, 0.4) is 0 Å². The second-order valence-electron chi connectivity index (χ2n) is 9.69. The quantitative estimate of drug-likeness (QED) is 0.665.